The molecule has 0 saturated carbocycles. The van der Waals surface area contributed by atoms with E-state index in [2.05, 4.69) is 0 Å². The van der Waals surface area contributed by atoms with Crippen molar-refractivity contribution in [3.63, 3.8) is 0 Å². The van der Waals surface area contributed by atoms with Gasteiger partial charge in [0.15, 0.2) is 9.84 Å². The minimum Gasteiger partial charge on any atom is -0.478 e. The second-order valence-electron chi connectivity index (χ2n) is 5.79. The Balaban J connectivity index is 2.59. The molecule has 1 aromatic carbocycles. The van der Waals surface area contributed by atoms with Gasteiger partial charge in [0.25, 0.3) is 10.0 Å². The molecule has 2 atom stereocenters. The van der Waals surface area contributed by atoms with E-state index in [1.165, 1.54) is 14.1 Å². The number of rotatable bonds is 5. The van der Waals surface area contributed by atoms with Gasteiger partial charge in [-0.3, -0.25) is 0 Å². The summed E-state index contributed by atoms with van der Waals surface area (Å²) in [5, 5.41) is 20.0. The molecule has 1 fully saturated rings. The van der Waals surface area contributed by atoms with Crippen LogP contribution in [-0.2, 0) is 19.9 Å². The number of halogens is 1. The molecule has 2 N–H and O–H groups in total. The van der Waals surface area contributed by atoms with E-state index >= 15 is 0 Å². The molecule has 12 heteroatoms. The first kappa shape index (κ1) is 20.1. The maximum Gasteiger partial charge on any atom is 0.335 e. The van der Waals surface area contributed by atoms with Crippen molar-refractivity contribution >= 4 is 37.4 Å². The summed E-state index contributed by atoms with van der Waals surface area (Å²) in [4.78, 5) is 10.6. The van der Waals surface area contributed by atoms with Crippen LogP contribution in [0, 0.1) is 0 Å². The lowest BCUT2D eigenvalue weighted by atomic mass is 10.2. The van der Waals surface area contributed by atoms with E-state index in [-0.39, 0.29) is 10.6 Å². The van der Waals surface area contributed by atoms with Crippen molar-refractivity contribution in [2.75, 3.05) is 25.6 Å². The smallest absolute Gasteiger partial charge is 0.335 e. The molecule has 1 saturated heterocycles. The summed E-state index contributed by atoms with van der Waals surface area (Å²) in [5.41, 5.74) is -0.290. The third kappa shape index (κ3) is 3.96. The number of carbonyl (C=O) groups is 1. The van der Waals surface area contributed by atoms with Gasteiger partial charge in [-0.2, -0.15) is 0 Å². The molecule has 0 aromatic heterocycles. The van der Waals surface area contributed by atoms with E-state index in [4.69, 9.17) is 16.7 Å². The van der Waals surface area contributed by atoms with Gasteiger partial charge in [-0.25, -0.2) is 26.6 Å². The fourth-order valence-electron chi connectivity index (χ4n) is 2.65. The monoisotopic (exact) mass is 412 g/mol. The Morgan fingerprint density at radius 3 is 2.32 bits per heavy atom. The number of benzene rings is 1. The van der Waals surface area contributed by atoms with Crippen LogP contribution in [-0.4, -0.2) is 80.2 Å². The minimum absolute atomic E-state index is 0.216. The third-order valence-corrected chi connectivity index (χ3v) is 7.80. The molecule has 1 heterocycles. The zero-order chi connectivity index (χ0) is 19.2. The standard InChI is InChI=1S/C13H17ClN2O7S2/c1-15(2)16(10-6-24(20,21)7-11(10)17)25(22,23)12-5-8(13(18)19)3-4-9(12)14/h3-5,10-11,17H,6-7H2,1-2H3,(H,18,19)/t10-,11-/m0/s1. The van der Waals surface area contributed by atoms with E-state index in [0.717, 1.165) is 27.6 Å². The number of aliphatic hydroxyl groups is 1. The highest BCUT2D eigenvalue weighted by atomic mass is 35.5. The lowest BCUT2D eigenvalue weighted by Crippen LogP contribution is -2.53. The number of aromatic carboxylic acids is 1. The van der Waals surface area contributed by atoms with Gasteiger partial charge >= 0.3 is 5.97 Å². The maximum atomic E-state index is 13.0. The molecule has 9 nitrogen and oxygen atoms in total. The first-order chi connectivity index (χ1) is 11.4. The maximum absolute atomic E-state index is 13.0. The molecule has 0 radical (unpaired) electrons. The van der Waals surface area contributed by atoms with E-state index in [0.29, 0.717) is 0 Å². The Morgan fingerprint density at radius 2 is 1.88 bits per heavy atom. The van der Waals surface area contributed by atoms with Crippen LogP contribution in [0.25, 0.3) is 0 Å². The summed E-state index contributed by atoms with van der Waals surface area (Å²) in [5.74, 6) is -2.45. The molecule has 1 aliphatic rings. The van der Waals surface area contributed by atoms with Crippen LogP contribution in [0.3, 0.4) is 0 Å². The molecular weight excluding hydrogens is 396 g/mol. The van der Waals surface area contributed by atoms with Crippen molar-refractivity contribution in [1.29, 1.82) is 0 Å². The van der Waals surface area contributed by atoms with Crippen molar-refractivity contribution < 1.29 is 31.8 Å². The predicted octanol–water partition coefficient (Wildman–Crippen LogP) is -0.337. The van der Waals surface area contributed by atoms with E-state index < -0.39 is 54.4 Å². The van der Waals surface area contributed by atoms with Crippen LogP contribution >= 0.6 is 11.6 Å². The number of hydrogen-bond donors (Lipinski definition) is 2. The number of hydrazine groups is 1. The van der Waals surface area contributed by atoms with Gasteiger partial charge in [-0.1, -0.05) is 11.6 Å². The molecule has 0 unspecified atom stereocenters. The van der Waals surface area contributed by atoms with Crippen LogP contribution in [0.4, 0.5) is 0 Å². The van der Waals surface area contributed by atoms with E-state index in [9.17, 15) is 26.7 Å². The summed E-state index contributed by atoms with van der Waals surface area (Å²) >= 11 is 5.94. The van der Waals surface area contributed by atoms with Crippen molar-refractivity contribution in [3.8, 4) is 0 Å². The highest BCUT2D eigenvalue weighted by Crippen LogP contribution is 2.30. The van der Waals surface area contributed by atoms with E-state index in [1.807, 2.05) is 0 Å². The number of sulfone groups is 1. The summed E-state index contributed by atoms with van der Waals surface area (Å²) < 4.78 is 50.2. The average molecular weight is 413 g/mol. The lowest BCUT2D eigenvalue weighted by molar-refractivity contribution is 0.0272. The quantitative estimate of drug-likeness (QED) is 0.628. The molecule has 25 heavy (non-hydrogen) atoms. The number of hydrogen-bond acceptors (Lipinski definition) is 7. The fourth-order valence-corrected chi connectivity index (χ4v) is 6.71. The molecule has 0 aliphatic carbocycles. The molecule has 0 spiro atoms. The Labute approximate surface area is 150 Å². The minimum atomic E-state index is -4.41. The Morgan fingerprint density at radius 1 is 1.28 bits per heavy atom. The first-order valence-electron chi connectivity index (χ1n) is 7.00. The Kier molecular flexibility index (Phi) is 5.47. The molecule has 0 bridgehead atoms. The van der Waals surface area contributed by atoms with Crippen molar-refractivity contribution in [1.82, 2.24) is 9.42 Å². The van der Waals surface area contributed by atoms with Gasteiger partial charge in [0.1, 0.15) is 4.90 Å². The van der Waals surface area contributed by atoms with Gasteiger partial charge in [0.05, 0.1) is 34.2 Å². The number of aliphatic hydroxyl groups excluding tert-OH is 1. The SMILES string of the molecule is CN(C)N([C@H]1CS(=O)(=O)C[C@@H]1O)S(=O)(=O)c1cc(C(=O)O)ccc1Cl. The molecule has 2 rings (SSSR count). The van der Waals surface area contributed by atoms with Crippen LogP contribution in [0.15, 0.2) is 23.1 Å². The highest BCUT2D eigenvalue weighted by molar-refractivity contribution is 7.92. The summed E-state index contributed by atoms with van der Waals surface area (Å²) in [6.07, 6.45) is -1.41. The Hall–Kier alpha value is -1.24. The molecule has 1 aliphatic heterocycles. The van der Waals surface area contributed by atoms with Gasteiger partial charge in [-0.05, 0) is 18.2 Å². The molecular formula is C13H17ClN2O7S2. The normalized spacial score (nSPS) is 23.3. The second kappa shape index (κ2) is 6.82. The van der Waals surface area contributed by atoms with Crippen molar-refractivity contribution in [2.24, 2.45) is 0 Å². The molecule has 140 valence electrons. The van der Waals surface area contributed by atoms with Crippen LogP contribution < -0.4 is 0 Å². The number of nitrogens with zero attached hydrogens (tertiary/aromatic N) is 2. The van der Waals surface area contributed by atoms with E-state index in [1.54, 1.807) is 0 Å². The van der Waals surface area contributed by atoms with Crippen molar-refractivity contribution in [3.05, 3.63) is 28.8 Å². The van der Waals surface area contributed by atoms with Gasteiger partial charge in [-0.15, -0.1) is 4.41 Å². The fraction of sp³-hybridized carbons (Fsp3) is 0.462. The lowest BCUT2D eigenvalue weighted by Gasteiger charge is -2.34. The summed E-state index contributed by atoms with van der Waals surface area (Å²) in [6, 6.07) is 1.94. The second-order valence-corrected chi connectivity index (χ2v) is 10.1. The number of sulfonamides is 1. The Bertz CT molecular complexity index is 899. The number of carboxylic acids is 1. The zero-order valence-electron chi connectivity index (χ0n) is 13.3. The third-order valence-electron chi connectivity index (χ3n) is 3.67. The van der Waals surface area contributed by atoms with Gasteiger partial charge in [0, 0.05) is 14.1 Å². The number of carboxylic acid groups (broad SMARTS) is 1. The van der Waals surface area contributed by atoms with Gasteiger partial charge in [0.2, 0.25) is 0 Å². The van der Waals surface area contributed by atoms with Crippen LogP contribution in [0.2, 0.25) is 5.02 Å². The summed E-state index contributed by atoms with van der Waals surface area (Å²) in [6.45, 7) is 0. The molecule has 0 amide bonds. The average Bonchev–Trinajstić information content (AvgIpc) is 2.71. The van der Waals surface area contributed by atoms with Crippen LogP contribution in [0.5, 0.6) is 0 Å². The highest BCUT2D eigenvalue weighted by Gasteiger charge is 2.46. The zero-order valence-corrected chi connectivity index (χ0v) is 15.7. The first-order valence-corrected chi connectivity index (χ1v) is 10.6. The van der Waals surface area contributed by atoms with Crippen molar-refractivity contribution in [2.45, 2.75) is 17.0 Å². The predicted molar refractivity (Wildman–Crippen MR) is 89.6 cm³/mol. The molecule has 1 aromatic rings. The summed E-state index contributed by atoms with van der Waals surface area (Å²) in [7, 11) is -5.29. The topological polar surface area (TPSA) is 132 Å². The largest absolute Gasteiger partial charge is 0.478 e. The van der Waals surface area contributed by atoms with Gasteiger partial charge < -0.3 is 10.2 Å². The van der Waals surface area contributed by atoms with Crippen LogP contribution in [0.1, 0.15) is 10.4 Å².